The van der Waals surface area contributed by atoms with Crippen LogP contribution < -0.4 is 10.6 Å². The summed E-state index contributed by atoms with van der Waals surface area (Å²) in [7, 11) is 0. The van der Waals surface area contributed by atoms with E-state index in [1.807, 2.05) is 38.1 Å². The fraction of sp³-hybridized carbons (Fsp3) is 0.500. The Hall–Kier alpha value is -2.04. The number of carboxylic acid groups (broad SMARTS) is 1. The van der Waals surface area contributed by atoms with Crippen LogP contribution in [0.5, 0.6) is 0 Å². The predicted octanol–water partition coefficient (Wildman–Crippen LogP) is 3.33. The third kappa shape index (κ3) is 3.35. The molecule has 2 amide bonds. The van der Waals surface area contributed by atoms with Crippen LogP contribution in [0, 0.1) is 0 Å². The van der Waals surface area contributed by atoms with Crippen molar-refractivity contribution in [3.63, 3.8) is 0 Å². The van der Waals surface area contributed by atoms with Gasteiger partial charge < -0.3 is 15.7 Å². The zero-order valence-corrected chi connectivity index (χ0v) is 12.5. The highest BCUT2D eigenvalue weighted by atomic mass is 16.4. The lowest BCUT2D eigenvalue weighted by Crippen LogP contribution is -2.53. The highest BCUT2D eigenvalue weighted by Gasteiger charge is 2.42. The lowest BCUT2D eigenvalue weighted by atomic mass is 9.98. The predicted molar refractivity (Wildman–Crippen MR) is 81.5 cm³/mol. The van der Waals surface area contributed by atoms with E-state index in [-0.39, 0.29) is 5.92 Å². The summed E-state index contributed by atoms with van der Waals surface area (Å²) in [6, 6.07) is 7.12. The zero-order valence-electron chi connectivity index (χ0n) is 12.5. The van der Waals surface area contributed by atoms with Gasteiger partial charge in [0.1, 0.15) is 5.54 Å². The largest absolute Gasteiger partial charge is 0.480 e. The summed E-state index contributed by atoms with van der Waals surface area (Å²) in [5.74, 6) is -0.672. The van der Waals surface area contributed by atoms with Crippen molar-refractivity contribution >= 4 is 17.7 Å². The van der Waals surface area contributed by atoms with E-state index in [1.165, 1.54) is 0 Å². The monoisotopic (exact) mass is 290 g/mol. The fourth-order valence-electron chi connectivity index (χ4n) is 2.86. The van der Waals surface area contributed by atoms with Crippen molar-refractivity contribution in [1.29, 1.82) is 0 Å². The summed E-state index contributed by atoms with van der Waals surface area (Å²) in [6.45, 7) is 4.10. The second kappa shape index (κ2) is 6.16. The maximum Gasteiger partial charge on any atom is 0.329 e. The average Bonchev–Trinajstić information content (AvgIpc) is 2.88. The van der Waals surface area contributed by atoms with Gasteiger partial charge in [-0.05, 0) is 30.4 Å². The summed E-state index contributed by atoms with van der Waals surface area (Å²) >= 11 is 0. The van der Waals surface area contributed by atoms with Gasteiger partial charge in [0.15, 0.2) is 0 Å². The van der Waals surface area contributed by atoms with Crippen molar-refractivity contribution in [3.05, 3.63) is 29.8 Å². The molecule has 0 heterocycles. The number of hydrogen-bond acceptors (Lipinski definition) is 2. The minimum atomic E-state index is -1.11. The third-order valence-electron chi connectivity index (χ3n) is 4.05. The first-order valence-electron chi connectivity index (χ1n) is 7.36. The number of nitrogens with one attached hydrogen (secondary N) is 2. The van der Waals surface area contributed by atoms with E-state index < -0.39 is 17.5 Å². The summed E-state index contributed by atoms with van der Waals surface area (Å²) < 4.78 is 0. The van der Waals surface area contributed by atoms with E-state index in [4.69, 9.17) is 0 Å². The standard InChI is InChI=1S/C16H22N2O3/c1-11(2)12-7-3-4-8-13(12)17-15(21)18-16(14(19)20)9-5-6-10-16/h3-4,7-8,11H,5-6,9-10H2,1-2H3,(H,19,20)(H2,17,18,21). The molecule has 0 aromatic heterocycles. The minimum Gasteiger partial charge on any atom is -0.480 e. The molecule has 114 valence electrons. The molecule has 0 bridgehead atoms. The molecule has 5 nitrogen and oxygen atoms in total. The number of aliphatic carboxylic acids is 1. The molecule has 1 aromatic rings. The summed E-state index contributed by atoms with van der Waals surface area (Å²) in [4.78, 5) is 23.6. The topological polar surface area (TPSA) is 78.4 Å². The van der Waals surface area contributed by atoms with Gasteiger partial charge in [0.2, 0.25) is 0 Å². The number of urea groups is 1. The van der Waals surface area contributed by atoms with Crippen LogP contribution in [0.1, 0.15) is 51.0 Å². The second-order valence-corrected chi connectivity index (χ2v) is 5.92. The van der Waals surface area contributed by atoms with E-state index >= 15 is 0 Å². The molecule has 0 aliphatic heterocycles. The van der Waals surface area contributed by atoms with Gasteiger partial charge in [-0.1, -0.05) is 44.9 Å². The maximum absolute atomic E-state index is 12.2. The number of para-hydroxylation sites is 1. The molecule has 3 N–H and O–H groups in total. The van der Waals surface area contributed by atoms with Gasteiger partial charge in [-0.15, -0.1) is 0 Å². The lowest BCUT2D eigenvalue weighted by Gasteiger charge is -2.26. The molecule has 1 fully saturated rings. The Balaban J connectivity index is 2.10. The van der Waals surface area contributed by atoms with E-state index in [0.29, 0.717) is 12.8 Å². The third-order valence-corrected chi connectivity index (χ3v) is 4.05. The van der Waals surface area contributed by atoms with Crippen molar-refractivity contribution in [3.8, 4) is 0 Å². The molecule has 0 atom stereocenters. The van der Waals surface area contributed by atoms with Crippen molar-refractivity contribution < 1.29 is 14.7 Å². The van der Waals surface area contributed by atoms with Crippen molar-refractivity contribution in [2.24, 2.45) is 0 Å². The smallest absolute Gasteiger partial charge is 0.329 e. The Morgan fingerprint density at radius 1 is 1.19 bits per heavy atom. The van der Waals surface area contributed by atoms with Gasteiger partial charge in [0.05, 0.1) is 0 Å². The number of hydrogen-bond donors (Lipinski definition) is 3. The number of carbonyl (C=O) groups excluding carboxylic acids is 1. The molecule has 0 radical (unpaired) electrons. The number of carboxylic acids is 1. The first-order valence-corrected chi connectivity index (χ1v) is 7.36. The Bertz CT molecular complexity index is 534. The van der Waals surface area contributed by atoms with Gasteiger partial charge in [-0.2, -0.15) is 0 Å². The molecular weight excluding hydrogens is 268 g/mol. The molecule has 1 aliphatic rings. The molecule has 1 saturated carbocycles. The van der Waals surface area contributed by atoms with Crippen molar-refractivity contribution in [2.45, 2.75) is 51.0 Å². The van der Waals surface area contributed by atoms with E-state index in [1.54, 1.807) is 0 Å². The molecule has 0 spiro atoms. The van der Waals surface area contributed by atoms with Crippen LogP contribution in [-0.2, 0) is 4.79 Å². The molecular formula is C16H22N2O3. The highest BCUT2D eigenvalue weighted by molar-refractivity contribution is 5.94. The molecule has 1 aliphatic carbocycles. The van der Waals surface area contributed by atoms with E-state index in [2.05, 4.69) is 10.6 Å². The summed E-state index contributed by atoms with van der Waals surface area (Å²) in [6.07, 6.45) is 2.63. The van der Waals surface area contributed by atoms with Crippen LogP contribution in [0.2, 0.25) is 0 Å². The number of rotatable bonds is 4. The number of benzene rings is 1. The van der Waals surface area contributed by atoms with Crippen LogP contribution in [-0.4, -0.2) is 22.6 Å². The SMILES string of the molecule is CC(C)c1ccccc1NC(=O)NC1(C(=O)O)CCCC1. The molecule has 21 heavy (non-hydrogen) atoms. The summed E-state index contributed by atoms with van der Waals surface area (Å²) in [5.41, 5.74) is 0.642. The van der Waals surface area contributed by atoms with E-state index in [0.717, 1.165) is 24.1 Å². The first-order chi connectivity index (χ1) is 9.94. The highest BCUT2D eigenvalue weighted by Crippen LogP contribution is 2.30. The number of amides is 2. The second-order valence-electron chi connectivity index (χ2n) is 5.92. The first kappa shape index (κ1) is 15.4. The summed E-state index contributed by atoms with van der Waals surface area (Å²) in [5, 5.41) is 14.8. The van der Waals surface area contributed by atoms with Crippen LogP contribution >= 0.6 is 0 Å². The Morgan fingerprint density at radius 3 is 2.38 bits per heavy atom. The molecule has 0 unspecified atom stereocenters. The van der Waals surface area contributed by atoms with E-state index in [9.17, 15) is 14.7 Å². The quantitative estimate of drug-likeness (QED) is 0.796. The van der Waals surface area contributed by atoms with Gasteiger partial charge in [-0.3, -0.25) is 0 Å². The van der Waals surface area contributed by atoms with Crippen LogP contribution in [0.4, 0.5) is 10.5 Å². The fourth-order valence-corrected chi connectivity index (χ4v) is 2.86. The maximum atomic E-state index is 12.2. The molecule has 2 rings (SSSR count). The van der Waals surface area contributed by atoms with Gasteiger partial charge in [0, 0.05) is 5.69 Å². The Morgan fingerprint density at radius 2 is 1.81 bits per heavy atom. The van der Waals surface area contributed by atoms with Gasteiger partial charge >= 0.3 is 12.0 Å². The average molecular weight is 290 g/mol. The van der Waals surface area contributed by atoms with Crippen LogP contribution in [0.3, 0.4) is 0 Å². The zero-order chi connectivity index (χ0) is 15.5. The van der Waals surface area contributed by atoms with Crippen molar-refractivity contribution in [1.82, 2.24) is 5.32 Å². The van der Waals surface area contributed by atoms with Crippen molar-refractivity contribution in [2.75, 3.05) is 5.32 Å². The molecule has 5 heteroatoms. The van der Waals surface area contributed by atoms with Gasteiger partial charge in [-0.25, -0.2) is 9.59 Å². The van der Waals surface area contributed by atoms with Gasteiger partial charge in [0.25, 0.3) is 0 Å². The molecule has 0 saturated heterocycles. The lowest BCUT2D eigenvalue weighted by molar-refractivity contribution is -0.144. The Labute approximate surface area is 124 Å². The molecule has 1 aromatic carbocycles. The minimum absolute atomic E-state index is 0.279. The van der Waals surface area contributed by atoms with Crippen LogP contribution in [0.25, 0.3) is 0 Å². The van der Waals surface area contributed by atoms with Crippen LogP contribution in [0.15, 0.2) is 24.3 Å². The normalized spacial score (nSPS) is 16.7. The number of anilines is 1. The Kier molecular flexibility index (Phi) is 4.50. The number of carbonyl (C=O) groups is 2.